The first-order valence-electron chi connectivity index (χ1n) is 9.74. The molecule has 0 bridgehead atoms. The summed E-state index contributed by atoms with van der Waals surface area (Å²) in [5.74, 6) is 6.38. The number of hydrogen-bond donors (Lipinski definition) is 1. The zero-order valence-corrected chi connectivity index (χ0v) is 16.6. The van der Waals surface area contributed by atoms with E-state index in [0.29, 0.717) is 15.7 Å². The molecule has 0 radical (unpaired) electrons. The molecule has 1 heterocycles. The highest BCUT2D eigenvalue weighted by Crippen LogP contribution is 2.64. The quantitative estimate of drug-likeness (QED) is 0.705. The monoisotopic (exact) mass is 362 g/mol. The van der Waals surface area contributed by atoms with E-state index in [4.69, 9.17) is 0 Å². The Kier molecular flexibility index (Phi) is 4.85. The van der Waals surface area contributed by atoms with Crippen LogP contribution in [0.25, 0.3) is 0 Å². The van der Waals surface area contributed by atoms with Gasteiger partial charge in [0.2, 0.25) is 0 Å². The topological polar surface area (TPSA) is 20.2 Å². The molecular weight excluding hydrogens is 332 g/mol. The van der Waals surface area contributed by atoms with E-state index in [0.717, 1.165) is 24.2 Å². The number of hydrogen-bond acceptors (Lipinski definition) is 3. The lowest BCUT2D eigenvalue weighted by molar-refractivity contribution is 0.108. The Morgan fingerprint density at radius 1 is 1.25 bits per heavy atom. The van der Waals surface area contributed by atoms with Gasteiger partial charge in [0.15, 0.2) is 0 Å². The molecule has 1 nitrogen and oxygen atoms in total. The van der Waals surface area contributed by atoms with Gasteiger partial charge in [-0.15, -0.1) is 23.5 Å². The van der Waals surface area contributed by atoms with E-state index in [-0.39, 0.29) is 0 Å². The van der Waals surface area contributed by atoms with E-state index < -0.39 is 0 Å². The number of aromatic hydroxyl groups is 1. The summed E-state index contributed by atoms with van der Waals surface area (Å²) in [5.41, 5.74) is 2.98. The maximum atomic E-state index is 9.89. The third kappa shape index (κ3) is 2.80. The molecule has 4 atom stereocenters. The normalized spacial score (nSPS) is 34.1. The van der Waals surface area contributed by atoms with Crippen molar-refractivity contribution in [3.05, 3.63) is 29.3 Å². The fourth-order valence-corrected chi connectivity index (χ4v) is 9.30. The van der Waals surface area contributed by atoms with Gasteiger partial charge in [-0.3, -0.25) is 0 Å². The summed E-state index contributed by atoms with van der Waals surface area (Å²) < 4.78 is 0.450. The van der Waals surface area contributed by atoms with Crippen molar-refractivity contribution in [3.8, 4) is 5.75 Å². The molecule has 3 aliphatic rings. The van der Waals surface area contributed by atoms with Gasteiger partial charge < -0.3 is 5.11 Å². The molecule has 1 aromatic rings. The first-order chi connectivity index (χ1) is 11.6. The average molecular weight is 363 g/mol. The van der Waals surface area contributed by atoms with Gasteiger partial charge in [-0.2, -0.15) is 0 Å². The maximum Gasteiger partial charge on any atom is 0.115 e. The molecule has 0 aromatic heterocycles. The molecule has 24 heavy (non-hydrogen) atoms. The van der Waals surface area contributed by atoms with Gasteiger partial charge in [0.05, 0.1) is 4.08 Å². The second-order valence-corrected chi connectivity index (χ2v) is 11.1. The molecule has 1 spiro atoms. The van der Waals surface area contributed by atoms with E-state index in [2.05, 4.69) is 43.4 Å². The molecule has 1 saturated carbocycles. The van der Waals surface area contributed by atoms with Crippen molar-refractivity contribution in [1.29, 1.82) is 0 Å². The van der Waals surface area contributed by atoms with Crippen molar-refractivity contribution in [2.45, 2.75) is 62.4 Å². The Labute approximate surface area is 155 Å². The number of thioether (sulfide) groups is 2. The summed E-state index contributed by atoms with van der Waals surface area (Å²) in [6, 6.07) is 6.19. The van der Waals surface area contributed by atoms with Crippen molar-refractivity contribution < 1.29 is 5.11 Å². The fourth-order valence-electron chi connectivity index (χ4n) is 5.64. The van der Waals surface area contributed by atoms with Crippen LogP contribution in [0.2, 0.25) is 0 Å². The molecular formula is C21H30OS2. The number of benzene rings is 1. The number of phenols is 1. The Morgan fingerprint density at radius 3 is 2.79 bits per heavy atom. The predicted octanol–water partition coefficient (Wildman–Crippen LogP) is 6.06. The minimum atomic E-state index is 0.443. The van der Waals surface area contributed by atoms with E-state index in [1.165, 1.54) is 49.2 Å². The highest BCUT2D eigenvalue weighted by atomic mass is 32.2. The average Bonchev–Trinajstić information content (AvgIpc) is 3.04. The zero-order valence-electron chi connectivity index (χ0n) is 15.0. The molecule has 1 aromatic carbocycles. The van der Waals surface area contributed by atoms with Crippen LogP contribution in [0.5, 0.6) is 5.75 Å². The smallest absolute Gasteiger partial charge is 0.115 e. The molecule has 4 rings (SSSR count). The summed E-state index contributed by atoms with van der Waals surface area (Å²) >= 11 is 4.52. The third-order valence-corrected chi connectivity index (χ3v) is 10.7. The van der Waals surface area contributed by atoms with Crippen molar-refractivity contribution in [2.24, 2.45) is 17.8 Å². The lowest BCUT2D eigenvalue weighted by atomic mass is 9.59. The standard InChI is InChI=1S/C21H30OS2/c1-3-4-5-17-14(2)21(23-10-11-24-21)13-20-18-9-7-16(22)12-15(18)6-8-19(17)20/h7,9,12,14,17,19-20,22H,3-6,8,10-11,13H2,1-2H3/t14?,17-,19-,20+/m0/s1. The van der Waals surface area contributed by atoms with Crippen molar-refractivity contribution >= 4 is 23.5 Å². The second-order valence-electron chi connectivity index (χ2n) is 8.00. The lowest BCUT2D eigenvalue weighted by Gasteiger charge is -2.53. The van der Waals surface area contributed by atoms with Crippen molar-refractivity contribution in [2.75, 3.05) is 11.5 Å². The number of fused-ring (bicyclic) bond motifs is 3. The van der Waals surface area contributed by atoms with Gasteiger partial charge in [-0.25, -0.2) is 0 Å². The highest BCUT2D eigenvalue weighted by Gasteiger charge is 2.54. The number of aryl methyl sites for hydroxylation is 1. The van der Waals surface area contributed by atoms with Gasteiger partial charge >= 0.3 is 0 Å². The molecule has 1 saturated heterocycles. The SMILES string of the molecule is CCCC[C@H]1C(C)C2(C[C@@H]3c4ccc(O)cc4CC[C@H]31)SCCS2. The van der Waals surface area contributed by atoms with Gasteiger partial charge in [-0.1, -0.05) is 32.8 Å². The zero-order chi connectivity index (χ0) is 16.7. The molecule has 1 aliphatic heterocycles. The summed E-state index contributed by atoms with van der Waals surface area (Å²) in [6.07, 6.45) is 7.94. The molecule has 2 fully saturated rings. The maximum absolute atomic E-state index is 9.89. The first kappa shape index (κ1) is 17.1. The number of phenolic OH excluding ortho intramolecular Hbond substituents is 1. The number of unbranched alkanes of at least 4 members (excludes halogenated alkanes) is 1. The van der Waals surface area contributed by atoms with Crippen LogP contribution in [-0.2, 0) is 6.42 Å². The van der Waals surface area contributed by atoms with E-state index in [1.807, 2.05) is 12.1 Å². The van der Waals surface area contributed by atoms with E-state index >= 15 is 0 Å². The Balaban J connectivity index is 1.71. The molecule has 3 heteroatoms. The van der Waals surface area contributed by atoms with Crippen molar-refractivity contribution in [1.82, 2.24) is 0 Å². The molecule has 132 valence electrons. The fraction of sp³-hybridized carbons (Fsp3) is 0.714. The van der Waals surface area contributed by atoms with Gasteiger partial charge in [0, 0.05) is 11.5 Å². The minimum Gasteiger partial charge on any atom is -0.508 e. The summed E-state index contributed by atoms with van der Waals surface area (Å²) in [6.45, 7) is 4.90. The van der Waals surface area contributed by atoms with Crippen molar-refractivity contribution in [3.63, 3.8) is 0 Å². The van der Waals surface area contributed by atoms with Crippen LogP contribution in [-0.4, -0.2) is 20.7 Å². The molecule has 1 unspecified atom stereocenters. The van der Waals surface area contributed by atoms with Crippen LogP contribution in [0.1, 0.15) is 63.0 Å². The van der Waals surface area contributed by atoms with Crippen LogP contribution in [0.4, 0.5) is 0 Å². The van der Waals surface area contributed by atoms with E-state index in [1.54, 1.807) is 5.56 Å². The van der Waals surface area contributed by atoms with Gasteiger partial charge in [0.25, 0.3) is 0 Å². The molecule has 1 N–H and O–H groups in total. The van der Waals surface area contributed by atoms with Gasteiger partial charge in [0.1, 0.15) is 5.75 Å². The third-order valence-electron chi connectivity index (χ3n) is 6.85. The second kappa shape index (κ2) is 6.79. The lowest BCUT2D eigenvalue weighted by Crippen LogP contribution is -2.46. The van der Waals surface area contributed by atoms with Crippen LogP contribution in [0.3, 0.4) is 0 Å². The molecule has 2 aliphatic carbocycles. The van der Waals surface area contributed by atoms with Crippen LogP contribution < -0.4 is 0 Å². The predicted molar refractivity (Wildman–Crippen MR) is 107 cm³/mol. The number of rotatable bonds is 3. The molecule has 0 amide bonds. The highest BCUT2D eigenvalue weighted by molar-refractivity contribution is 8.21. The van der Waals surface area contributed by atoms with Gasteiger partial charge in [-0.05, 0) is 72.6 Å². The summed E-state index contributed by atoms with van der Waals surface area (Å²) in [7, 11) is 0. The summed E-state index contributed by atoms with van der Waals surface area (Å²) in [5, 5.41) is 9.89. The first-order valence-corrected chi connectivity index (χ1v) is 11.7. The van der Waals surface area contributed by atoms with E-state index in [9.17, 15) is 5.11 Å². The van der Waals surface area contributed by atoms with Crippen LogP contribution >= 0.6 is 23.5 Å². The summed E-state index contributed by atoms with van der Waals surface area (Å²) in [4.78, 5) is 0. The Morgan fingerprint density at radius 2 is 2.04 bits per heavy atom. The minimum absolute atomic E-state index is 0.443. The van der Waals surface area contributed by atoms with Crippen LogP contribution in [0.15, 0.2) is 18.2 Å². The Hall–Kier alpha value is -0.280. The largest absolute Gasteiger partial charge is 0.508 e. The Bertz CT molecular complexity index is 594. The van der Waals surface area contributed by atoms with Crippen LogP contribution in [0, 0.1) is 17.8 Å².